The molecule has 0 saturated carbocycles. The Kier molecular flexibility index (Phi) is 4.34. The molecule has 0 aliphatic carbocycles. The summed E-state index contributed by atoms with van der Waals surface area (Å²) in [7, 11) is 1.68. The third-order valence-electron chi connectivity index (χ3n) is 3.83. The summed E-state index contributed by atoms with van der Waals surface area (Å²) in [6.45, 7) is 5.60. The Bertz CT molecular complexity index is 619. The minimum Gasteiger partial charge on any atom is -0.497 e. The molecule has 1 aromatic carbocycles. The minimum absolute atomic E-state index is 0.500. The first-order chi connectivity index (χ1) is 10.7. The monoisotopic (exact) mass is 318 g/mol. The van der Waals surface area contributed by atoms with Gasteiger partial charge in [0.05, 0.1) is 7.11 Å². The highest BCUT2D eigenvalue weighted by atomic mass is 35.5. The third-order valence-corrected chi connectivity index (χ3v) is 4.03. The van der Waals surface area contributed by atoms with Crippen LogP contribution >= 0.6 is 11.6 Å². The maximum Gasteiger partial charge on any atom is 0.134 e. The van der Waals surface area contributed by atoms with Gasteiger partial charge in [-0.3, -0.25) is 0 Å². The van der Waals surface area contributed by atoms with E-state index < -0.39 is 0 Å². The van der Waals surface area contributed by atoms with Gasteiger partial charge in [-0.25, -0.2) is 9.97 Å². The fourth-order valence-electron chi connectivity index (χ4n) is 2.67. The predicted molar refractivity (Wildman–Crippen MR) is 89.2 cm³/mol. The Morgan fingerprint density at radius 3 is 2.23 bits per heavy atom. The van der Waals surface area contributed by atoms with Crippen molar-refractivity contribution in [2.24, 2.45) is 0 Å². The van der Waals surface area contributed by atoms with Gasteiger partial charge in [0.15, 0.2) is 0 Å². The highest BCUT2D eigenvalue weighted by molar-refractivity contribution is 6.29. The first-order valence-electron chi connectivity index (χ1n) is 7.31. The summed E-state index contributed by atoms with van der Waals surface area (Å²) < 4.78 is 5.20. The van der Waals surface area contributed by atoms with Gasteiger partial charge in [-0.15, -0.1) is 0 Å². The van der Waals surface area contributed by atoms with Crippen LogP contribution in [0.15, 0.2) is 30.3 Å². The molecule has 0 bridgehead atoms. The van der Waals surface area contributed by atoms with Crippen LogP contribution in [0.1, 0.15) is 5.82 Å². The Hall–Kier alpha value is -2.01. The topological polar surface area (TPSA) is 41.5 Å². The van der Waals surface area contributed by atoms with Crippen LogP contribution in [0.5, 0.6) is 5.75 Å². The number of rotatable bonds is 3. The van der Waals surface area contributed by atoms with Crippen molar-refractivity contribution in [2.45, 2.75) is 6.92 Å². The normalized spacial score (nSPS) is 15.0. The molecule has 1 aliphatic heterocycles. The van der Waals surface area contributed by atoms with E-state index in [1.807, 2.05) is 25.1 Å². The lowest BCUT2D eigenvalue weighted by Gasteiger charge is -2.36. The van der Waals surface area contributed by atoms with E-state index in [0.29, 0.717) is 11.0 Å². The van der Waals surface area contributed by atoms with Gasteiger partial charge in [0.25, 0.3) is 0 Å². The number of piperazine rings is 1. The first kappa shape index (κ1) is 14.9. The maximum atomic E-state index is 6.02. The molecule has 2 heterocycles. The zero-order valence-corrected chi connectivity index (χ0v) is 13.5. The Balaban J connectivity index is 1.66. The number of hydrogen-bond donors (Lipinski definition) is 0. The number of halogens is 1. The van der Waals surface area contributed by atoms with Gasteiger partial charge in [0.1, 0.15) is 22.5 Å². The molecular weight excluding hydrogens is 300 g/mol. The molecule has 3 rings (SSSR count). The van der Waals surface area contributed by atoms with Crippen LogP contribution < -0.4 is 14.5 Å². The second-order valence-corrected chi connectivity index (χ2v) is 5.66. The van der Waals surface area contributed by atoms with Crippen LogP contribution in [0.25, 0.3) is 0 Å². The van der Waals surface area contributed by atoms with Gasteiger partial charge in [0.2, 0.25) is 0 Å². The Morgan fingerprint density at radius 2 is 1.64 bits per heavy atom. The molecule has 1 saturated heterocycles. The van der Waals surface area contributed by atoms with Crippen LogP contribution in [-0.2, 0) is 0 Å². The molecule has 116 valence electrons. The van der Waals surface area contributed by atoms with Gasteiger partial charge in [-0.1, -0.05) is 11.6 Å². The van der Waals surface area contributed by atoms with Gasteiger partial charge in [-0.05, 0) is 31.2 Å². The zero-order valence-electron chi connectivity index (χ0n) is 12.8. The molecule has 0 atom stereocenters. The number of anilines is 2. The molecule has 2 aromatic rings. The van der Waals surface area contributed by atoms with Crippen LogP contribution in [0.3, 0.4) is 0 Å². The second-order valence-electron chi connectivity index (χ2n) is 5.27. The highest BCUT2D eigenvalue weighted by Crippen LogP contribution is 2.23. The van der Waals surface area contributed by atoms with E-state index in [-0.39, 0.29) is 0 Å². The van der Waals surface area contributed by atoms with Crippen molar-refractivity contribution < 1.29 is 4.74 Å². The van der Waals surface area contributed by atoms with Crippen LogP contribution in [0.2, 0.25) is 5.15 Å². The zero-order chi connectivity index (χ0) is 15.5. The van der Waals surface area contributed by atoms with Crippen molar-refractivity contribution >= 4 is 23.1 Å². The number of methoxy groups -OCH3 is 1. The molecule has 0 unspecified atom stereocenters. The van der Waals surface area contributed by atoms with Crippen molar-refractivity contribution in [3.63, 3.8) is 0 Å². The van der Waals surface area contributed by atoms with E-state index >= 15 is 0 Å². The molecule has 0 spiro atoms. The lowest BCUT2D eigenvalue weighted by molar-refractivity contribution is 0.415. The quantitative estimate of drug-likeness (QED) is 0.814. The van der Waals surface area contributed by atoms with E-state index in [2.05, 4.69) is 31.9 Å². The summed E-state index contributed by atoms with van der Waals surface area (Å²) in [6.07, 6.45) is 0. The van der Waals surface area contributed by atoms with Crippen LogP contribution in [0, 0.1) is 6.92 Å². The number of ether oxygens (including phenoxy) is 1. The van der Waals surface area contributed by atoms with Crippen LogP contribution in [-0.4, -0.2) is 43.3 Å². The number of aromatic nitrogens is 2. The van der Waals surface area contributed by atoms with E-state index in [1.165, 1.54) is 5.69 Å². The summed E-state index contributed by atoms with van der Waals surface area (Å²) in [6, 6.07) is 10.0. The van der Waals surface area contributed by atoms with Gasteiger partial charge < -0.3 is 14.5 Å². The lowest BCUT2D eigenvalue weighted by Crippen LogP contribution is -2.46. The largest absolute Gasteiger partial charge is 0.497 e. The number of aryl methyl sites for hydroxylation is 1. The number of nitrogens with zero attached hydrogens (tertiary/aromatic N) is 4. The number of hydrogen-bond acceptors (Lipinski definition) is 5. The third kappa shape index (κ3) is 3.25. The fraction of sp³-hybridized carbons (Fsp3) is 0.375. The van der Waals surface area contributed by atoms with Gasteiger partial charge in [-0.2, -0.15) is 0 Å². The van der Waals surface area contributed by atoms with Crippen molar-refractivity contribution in [1.82, 2.24) is 9.97 Å². The van der Waals surface area contributed by atoms with Crippen molar-refractivity contribution in [3.05, 3.63) is 41.3 Å². The van der Waals surface area contributed by atoms with Crippen molar-refractivity contribution in [3.8, 4) is 5.75 Å². The predicted octanol–water partition coefficient (Wildman–Crippen LogP) is 2.77. The molecule has 1 aromatic heterocycles. The van der Waals surface area contributed by atoms with E-state index in [4.69, 9.17) is 16.3 Å². The first-order valence-corrected chi connectivity index (χ1v) is 7.68. The minimum atomic E-state index is 0.500. The van der Waals surface area contributed by atoms with Gasteiger partial charge in [0, 0.05) is 37.9 Å². The van der Waals surface area contributed by atoms with E-state index in [1.54, 1.807) is 7.11 Å². The number of benzene rings is 1. The average Bonchev–Trinajstić information content (AvgIpc) is 2.54. The molecule has 0 N–H and O–H groups in total. The summed E-state index contributed by atoms with van der Waals surface area (Å²) in [5.74, 6) is 2.50. The molecule has 6 heteroatoms. The van der Waals surface area contributed by atoms with Gasteiger partial charge >= 0.3 is 0 Å². The molecule has 5 nitrogen and oxygen atoms in total. The molecule has 0 amide bonds. The summed E-state index contributed by atoms with van der Waals surface area (Å²) >= 11 is 6.02. The SMILES string of the molecule is COc1ccc(N2CCN(c3cc(Cl)nc(C)n3)CC2)cc1. The molecule has 1 aliphatic rings. The van der Waals surface area contributed by atoms with E-state index in [9.17, 15) is 0 Å². The van der Waals surface area contributed by atoms with Crippen molar-refractivity contribution in [2.75, 3.05) is 43.1 Å². The maximum absolute atomic E-state index is 6.02. The average molecular weight is 319 g/mol. The summed E-state index contributed by atoms with van der Waals surface area (Å²) in [4.78, 5) is 13.2. The fourth-order valence-corrected chi connectivity index (χ4v) is 2.89. The lowest BCUT2D eigenvalue weighted by atomic mass is 10.2. The van der Waals surface area contributed by atoms with Crippen LogP contribution in [0.4, 0.5) is 11.5 Å². The molecule has 1 fully saturated rings. The highest BCUT2D eigenvalue weighted by Gasteiger charge is 2.19. The van der Waals surface area contributed by atoms with E-state index in [0.717, 1.165) is 37.7 Å². The summed E-state index contributed by atoms with van der Waals surface area (Å²) in [5, 5.41) is 0.500. The van der Waals surface area contributed by atoms with Crippen molar-refractivity contribution in [1.29, 1.82) is 0 Å². The second kappa shape index (κ2) is 6.40. The molecular formula is C16H19ClN4O. The smallest absolute Gasteiger partial charge is 0.134 e. The summed E-state index contributed by atoms with van der Waals surface area (Å²) in [5.41, 5.74) is 1.22. The Labute approximate surface area is 135 Å². The standard InChI is InChI=1S/C16H19ClN4O/c1-12-18-15(17)11-16(19-12)21-9-7-20(8-10-21)13-3-5-14(22-2)6-4-13/h3-6,11H,7-10H2,1-2H3. The Morgan fingerprint density at radius 1 is 1.00 bits per heavy atom. The molecule has 0 radical (unpaired) electrons. The molecule has 22 heavy (non-hydrogen) atoms.